The van der Waals surface area contributed by atoms with Gasteiger partial charge in [0.05, 0.1) is 5.56 Å². The zero-order valence-corrected chi connectivity index (χ0v) is 11.6. The third kappa shape index (κ3) is 2.29. The summed E-state index contributed by atoms with van der Waals surface area (Å²) in [5.41, 5.74) is -0.141. The topological polar surface area (TPSA) is 50.4 Å². The number of rotatable bonds is 2. The molecule has 1 atom stereocenters. The maximum Gasteiger partial charge on any atom is 0.203 e. The molecule has 0 aliphatic rings. The van der Waals surface area contributed by atoms with Gasteiger partial charge < -0.3 is 9.52 Å². The first-order valence-corrected chi connectivity index (χ1v) is 6.68. The fourth-order valence-corrected chi connectivity index (χ4v) is 2.40. The maximum absolute atomic E-state index is 14.0. The van der Waals surface area contributed by atoms with Crippen molar-refractivity contribution < 1.29 is 18.3 Å². The van der Waals surface area contributed by atoms with Gasteiger partial charge in [-0.25, -0.2) is 8.78 Å². The predicted octanol–water partition coefficient (Wildman–Crippen LogP) is 3.79. The van der Waals surface area contributed by atoms with Gasteiger partial charge >= 0.3 is 0 Å². The molecule has 2 aromatic carbocycles. The van der Waals surface area contributed by atoms with Crippen molar-refractivity contribution in [3.05, 3.63) is 70.1 Å². The van der Waals surface area contributed by atoms with Gasteiger partial charge in [-0.05, 0) is 36.8 Å². The highest BCUT2D eigenvalue weighted by Gasteiger charge is 2.21. The lowest BCUT2D eigenvalue weighted by molar-refractivity contribution is 0.171. The highest BCUT2D eigenvalue weighted by molar-refractivity contribution is 5.83. The van der Waals surface area contributed by atoms with Crippen LogP contribution in [0.2, 0.25) is 0 Å². The zero-order valence-electron chi connectivity index (χ0n) is 11.6. The van der Waals surface area contributed by atoms with Crippen LogP contribution in [0.5, 0.6) is 0 Å². The average molecular weight is 302 g/mol. The molecule has 3 nitrogen and oxygen atoms in total. The Balaban J connectivity index is 2.43. The highest BCUT2D eigenvalue weighted by atomic mass is 19.1. The molecule has 0 fully saturated rings. The van der Waals surface area contributed by atoms with Gasteiger partial charge in [0.2, 0.25) is 5.43 Å². The van der Waals surface area contributed by atoms with E-state index in [4.69, 9.17) is 4.42 Å². The quantitative estimate of drug-likeness (QED) is 0.783. The first kappa shape index (κ1) is 14.4. The van der Waals surface area contributed by atoms with E-state index in [1.807, 2.05) is 0 Å². The van der Waals surface area contributed by atoms with E-state index in [9.17, 15) is 18.7 Å². The van der Waals surface area contributed by atoms with Crippen LogP contribution in [0, 0.1) is 11.6 Å². The molecule has 1 unspecified atom stereocenters. The number of fused-ring (bicyclic) bond motifs is 1. The molecule has 0 saturated carbocycles. The van der Waals surface area contributed by atoms with E-state index in [1.54, 1.807) is 0 Å². The fraction of sp³-hybridized carbons (Fsp3) is 0.118. The molecule has 1 N–H and O–H groups in total. The van der Waals surface area contributed by atoms with Crippen LogP contribution < -0.4 is 5.43 Å². The molecule has 3 rings (SSSR count). The monoisotopic (exact) mass is 302 g/mol. The zero-order chi connectivity index (χ0) is 15.9. The van der Waals surface area contributed by atoms with Gasteiger partial charge in [0.1, 0.15) is 34.5 Å². The molecule has 112 valence electrons. The highest BCUT2D eigenvalue weighted by Crippen LogP contribution is 2.29. The second-order valence-corrected chi connectivity index (χ2v) is 4.97. The Morgan fingerprint density at radius 1 is 1.09 bits per heavy atom. The van der Waals surface area contributed by atoms with E-state index >= 15 is 0 Å². The minimum absolute atomic E-state index is 0.0229. The lowest BCUT2D eigenvalue weighted by Crippen LogP contribution is -2.12. The molecule has 3 aromatic rings. The van der Waals surface area contributed by atoms with Crippen LogP contribution in [0.15, 0.2) is 51.7 Å². The van der Waals surface area contributed by atoms with E-state index < -0.39 is 23.2 Å². The summed E-state index contributed by atoms with van der Waals surface area (Å²) in [6, 6.07) is 9.19. The van der Waals surface area contributed by atoms with Crippen molar-refractivity contribution in [3.8, 4) is 11.1 Å². The third-order valence-electron chi connectivity index (χ3n) is 3.41. The van der Waals surface area contributed by atoms with Gasteiger partial charge in [-0.1, -0.05) is 18.2 Å². The minimum atomic E-state index is -1.07. The molecular weight excluding hydrogens is 290 g/mol. The summed E-state index contributed by atoms with van der Waals surface area (Å²) in [6.07, 6.45) is -1.07. The van der Waals surface area contributed by atoms with E-state index in [1.165, 1.54) is 43.3 Å². The van der Waals surface area contributed by atoms with Crippen molar-refractivity contribution in [1.82, 2.24) is 0 Å². The molecule has 1 heterocycles. The normalized spacial score (nSPS) is 12.5. The van der Waals surface area contributed by atoms with Gasteiger partial charge in [-0.15, -0.1) is 0 Å². The predicted molar refractivity (Wildman–Crippen MR) is 78.5 cm³/mol. The van der Waals surface area contributed by atoms with E-state index in [2.05, 4.69) is 0 Å². The van der Waals surface area contributed by atoms with Crippen molar-refractivity contribution in [2.24, 2.45) is 0 Å². The summed E-state index contributed by atoms with van der Waals surface area (Å²) < 4.78 is 32.5. The SMILES string of the molecule is CC(O)c1oc2cccc(F)c2c(=O)c1-c1ccc(F)cc1. The van der Waals surface area contributed by atoms with Gasteiger partial charge in [0.25, 0.3) is 0 Å². The number of hydrogen-bond acceptors (Lipinski definition) is 3. The summed E-state index contributed by atoms with van der Waals surface area (Å²) in [5.74, 6) is -1.14. The van der Waals surface area contributed by atoms with Crippen LogP contribution in [-0.4, -0.2) is 5.11 Å². The molecule has 0 radical (unpaired) electrons. The Bertz CT molecular complexity index is 896. The summed E-state index contributed by atoms with van der Waals surface area (Å²) in [6.45, 7) is 1.44. The molecule has 0 amide bonds. The van der Waals surface area contributed by atoms with Crippen molar-refractivity contribution in [2.45, 2.75) is 13.0 Å². The number of aliphatic hydroxyl groups is 1. The standard InChI is InChI=1S/C17H12F2O3/c1-9(20)17-14(10-5-7-11(18)8-6-10)16(21)15-12(19)3-2-4-13(15)22-17/h2-9,20H,1H3. The molecule has 0 saturated heterocycles. The number of halogens is 2. The second-order valence-electron chi connectivity index (χ2n) is 4.97. The van der Waals surface area contributed by atoms with Crippen molar-refractivity contribution >= 4 is 11.0 Å². The van der Waals surface area contributed by atoms with Gasteiger partial charge in [0, 0.05) is 0 Å². The smallest absolute Gasteiger partial charge is 0.203 e. The van der Waals surface area contributed by atoms with Gasteiger partial charge in [0.15, 0.2) is 0 Å². The largest absolute Gasteiger partial charge is 0.457 e. The summed E-state index contributed by atoms with van der Waals surface area (Å²) >= 11 is 0. The van der Waals surface area contributed by atoms with Crippen LogP contribution in [0.4, 0.5) is 8.78 Å². The molecule has 0 aliphatic carbocycles. The lowest BCUT2D eigenvalue weighted by Gasteiger charge is -2.12. The number of aliphatic hydroxyl groups excluding tert-OH is 1. The molecular formula is C17H12F2O3. The summed E-state index contributed by atoms with van der Waals surface area (Å²) in [5, 5.41) is 9.68. The lowest BCUT2D eigenvalue weighted by atomic mass is 10.00. The Labute approximate surface area is 124 Å². The third-order valence-corrected chi connectivity index (χ3v) is 3.41. The van der Waals surface area contributed by atoms with Crippen molar-refractivity contribution in [3.63, 3.8) is 0 Å². The van der Waals surface area contributed by atoms with Crippen LogP contribution >= 0.6 is 0 Å². The van der Waals surface area contributed by atoms with Crippen LogP contribution in [-0.2, 0) is 0 Å². The first-order valence-electron chi connectivity index (χ1n) is 6.68. The van der Waals surface area contributed by atoms with Crippen molar-refractivity contribution in [2.75, 3.05) is 0 Å². The minimum Gasteiger partial charge on any atom is -0.457 e. The Morgan fingerprint density at radius 3 is 2.41 bits per heavy atom. The second kappa shape index (κ2) is 5.35. The Morgan fingerprint density at radius 2 is 1.77 bits per heavy atom. The summed E-state index contributed by atoms with van der Waals surface area (Å²) in [4.78, 5) is 12.7. The van der Waals surface area contributed by atoms with Crippen LogP contribution in [0.25, 0.3) is 22.1 Å². The Kier molecular flexibility index (Phi) is 3.50. The van der Waals surface area contributed by atoms with Gasteiger partial charge in [-0.3, -0.25) is 4.79 Å². The number of benzene rings is 2. The van der Waals surface area contributed by atoms with Crippen LogP contribution in [0.3, 0.4) is 0 Å². The first-order chi connectivity index (χ1) is 10.5. The molecule has 0 aliphatic heterocycles. The van der Waals surface area contributed by atoms with E-state index in [-0.39, 0.29) is 22.3 Å². The molecule has 0 spiro atoms. The van der Waals surface area contributed by atoms with Crippen LogP contribution in [0.1, 0.15) is 18.8 Å². The summed E-state index contributed by atoms with van der Waals surface area (Å²) in [7, 11) is 0. The average Bonchev–Trinajstić information content (AvgIpc) is 2.48. The Hall–Kier alpha value is -2.53. The molecule has 0 bridgehead atoms. The molecule has 22 heavy (non-hydrogen) atoms. The fourth-order valence-electron chi connectivity index (χ4n) is 2.40. The van der Waals surface area contributed by atoms with E-state index in [0.717, 1.165) is 6.07 Å². The molecule has 1 aromatic heterocycles. The van der Waals surface area contributed by atoms with Gasteiger partial charge in [-0.2, -0.15) is 0 Å². The van der Waals surface area contributed by atoms with E-state index in [0.29, 0.717) is 5.56 Å². The number of hydrogen-bond donors (Lipinski definition) is 1. The van der Waals surface area contributed by atoms with Crippen molar-refractivity contribution in [1.29, 1.82) is 0 Å². The molecule has 5 heteroatoms. The maximum atomic E-state index is 14.0.